The predicted octanol–water partition coefficient (Wildman–Crippen LogP) is 3.18. The summed E-state index contributed by atoms with van der Waals surface area (Å²) < 4.78 is 7.42. The molecule has 0 aliphatic heterocycles. The number of aryl methyl sites for hydroxylation is 1. The Morgan fingerprint density at radius 3 is 2.89 bits per heavy atom. The molecule has 0 atom stereocenters. The maximum absolute atomic E-state index is 5.98. The highest BCUT2D eigenvalue weighted by Gasteiger charge is 2.05. The van der Waals surface area contributed by atoms with E-state index in [1.807, 2.05) is 36.0 Å². The number of anilines is 1. The molecule has 0 unspecified atom stereocenters. The molecule has 2 rings (SSSR count). The van der Waals surface area contributed by atoms with Crippen LogP contribution in [0.25, 0.3) is 0 Å². The van der Waals surface area contributed by atoms with Gasteiger partial charge < -0.3 is 10.5 Å². The number of aromatic nitrogens is 2. The molecule has 4 nitrogen and oxygen atoms in total. The Hall–Kier alpha value is -1.62. The van der Waals surface area contributed by atoms with E-state index in [9.17, 15) is 0 Å². The number of ether oxygens (including phenoxy) is 1. The van der Waals surface area contributed by atoms with Crippen LogP contribution in [-0.4, -0.2) is 16.4 Å². The molecule has 0 aliphatic rings. The van der Waals surface area contributed by atoms with Crippen LogP contribution >= 0.6 is 11.8 Å². The Morgan fingerprint density at radius 2 is 2.21 bits per heavy atom. The summed E-state index contributed by atoms with van der Waals surface area (Å²) in [6.45, 7) is 5.61. The van der Waals surface area contributed by atoms with E-state index in [4.69, 9.17) is 10.5 Å². The van der Waals surface area contributed by atoms with E-state index in [0.717, 1.165) is 28.6 Å². The molecule has 5 heteroatoms. The molecule has 19 heavy (non-hydrogen) atoms. The van der Waals surface area contributed by atoms with Crippen molar-refractivity contribution in [1.82, 2.24) is 9.78 Å². The highest BCUT2D eigenvalue weighted by Crippen LogP contribution is 2.31. The number of nitrogens with zero attached hydrogens (tertiary/aromatic N) is 2. The summed E-state index contributed by atoms with van der Waals surface area (Å²) in [6.07, 6.45) is 3.97. The van der Waals surface area contributed by atoms with Crippen molar-refractivity contribution in [3.63, 3.8) is 0 Å². The van der Waals surface area contributed by atoms with Crippen molar-refractivity contribution in [2.75, 3.05) is 12.3 Å². The molecule has 0 amide bonds. The molecule has 0 radical (unpaired) electrons. The quantitative estimate of drug-likeness (QED) is 0.651. The lowest BCUT2D eigenvalue weighted by Crippen LogP contribution is -1.94. The largest absolute Gasteiger partial charge is 0.494 e. The Labute approximate surface area is 117 Å². The molecule has 2 aromatic rings. The molecule has 1 aromatic carbocycles. The molecule has 0 saturated heterocycles. The fourth-order valence-electron chi connectivity index (χ4n) is 1.71. The van der Waals surface area contributed by atoms with Crippen molar-refractivity contribution in [2.24, 2.45) is 0 Å². The first-order valence-corrected chi connectivity index (χ1v) is 7.38. The number of benzene rings is 1. The van der Waals surface area contributed by atoms with E-state index >= 15 is 0 Å². The molecule has 1 aromatic heterocycles. The molecule has 102 valence electrons. The third-order valence-electron chi connectivity index (χ3n) is 2.70. The van der Waals surface area contributed by atoms with Gasteiger partial charge in [0.15, 0.2) is 0 Å². The van der Waals surface area contributed by atoms with Crippen LogP contribution in [-0.2, 0) is 12.3 Å². The number of hydrogen-bond donors (Lipinski definition) is 1. The maximum atomic E-state index is 5.98. The van der Waals surface area contributed by atoms with Gasteiger partial charge in [0.25, 0.3) is 0 Å². The van der Waals surface area contributed by atoms with Gasteiger partial charge in [0.1, 0.15) is 5.75 Å². The third kappa shape index (κ3) is 3.67. The number of thioether (sulfide) groups is 1. The van der Waals surface area contributed by atoms with Crippen molar-refractivity contribution < 1.29 is 4.74 Å². The standard InChI is InChI=1S/C14H19N3OS/c1-3-17-9-11(8-16-17)10-19-14-7-12(18-4-2)5-6-13(14)15/h5-9H,3-4,10,15H2,1-2H3. The van der Waals surface area contributed by atoms with Crippen LogP contribution in [0.2, 0.25) is 0 Å². The molecule has 1 heterocycles. The number of nitrogen functional groups attached to an aromatic ring is 1. The second-order valence-electron chi connectivity index (χ2n) is 4.13. The first-order valence-electron chi connectivity index (χ1n) is 6.39. The fraction of sp³-hybridized carbons (Fsp3) is 0.357. The van der Waals surface area contributed by atoms with Crippen molar-refractivity contribution in [3.05, 3.63) is 36.2 Å². The minimum Gasteiger partial charge on any atom is -0.494 e. The zero-order chi connectivity index (χ0) is 13.7. The highest BCUT2D eigenvalue weighted by molar-refractivity contribution is 7.98. The summed E-state index contributed by atoms with van der Waals surface area (Å²) in [6, 6.07) is 5.79. The van der Waals surface area contributed by atoms with Crippen LogP contribution in [0.1, 0.15) is 19.4 Å². The Morgan fingerprint density at radius 1 is 1.37 bits per heavy atom. The predicted molar refractivity (Wildman–Crippen MR) is 79.5 cm³/mol. The smallest absolute Gasteiger partial charge is 0.120 e. The maximum Gasteiger partial charge on any atom is 0.120 e. The normalized spacial score (nSPS) is 10.6. The van der Waals surface area contributed by atoms with Gasteiger partial charge in [0.05, 0.1) is 12.8 Å². The van der Waals surface area contributed by atoms with Crippen molar-refractivity contribution in [2.45, 2.75) is 31.0 Å². The highest BCUT2D eigenvalue weighted by atomic mass is 32.2. The average molecular weight is 277 g/mol. The lowest BCUT2D eigenvalue weighted by Gasteiger charge is -2.08. The number of hydrogen-bond acceptors (Lipinski definition) is 4. The third-order valence-corrected chi connectivity index (χ3v) is 3.84. The molecular formula is C14H19N3OS. The zero-order valence-corrected chi connectivity index (χ0v) is 12.1. The summed E-state index contributed by atoms with van der Waals surface area (Å²) in [7, 11) is 0. The average Bonchev–Trinajstić information content (AvgIpc) is 2.88. The van der Waals surface area contributed by atoms with E-state index in [1.54, 1.807) is 11.8 Å². The van der Waals surface area contributed by atoms with Crippen LogP contribution < -0.4 is 10.5 Å². The minimum atomic E-state index is 0.664. The molecular weight excluding hydrogens is 258 g/mol. The van der Waals surface area contributed by atoms with Gasteiger partial charge in [-0.2, -0.15) is 5.10 Å². The van der Waals surface area contributed by atoms with Crippen LogP contribution in [0.3, 0.4) is 0 Å². The number of rotatable bonds is 6. The van der Waals surface area contributed by atoms with Gasteiger partial charge in [-0.3, -0.25) is 4.68 Å². The number of nitrogens with two attached hydrogens (primary N) is 1. The van der Waals surface area contributed by atoms with E-state index in [0.29, 0.717) is 6.61 Å². The van der Waals surface area contributed by atoms with Gasteiger partial charge in [-0.15, -0.1) is 11.8 Å². The Kier molecular flexibility index (Phi) is 4.74. The summed E-state index contributed by atoms with van der Waals surface area (Å²) >= 11 is 1.71. The molecule has 0 saturated carbocycles. The summed E-state index contributed by atoms with van der Waals surface area (Å²) in [5.74, 6) is 1.73. The Balaban J connectivity index is 2.03. The summed E-state index contributed by atoms with van der Waals surface area (Å²) in [5.41, 5.74) is 7.97. The molecule has 0 aliphatic carbocycles. The topological polar surface area (TPSA) is 53.1 Å². The first-order chi connectivity index (χ1) is 9.22. The Bertz CT molecular complexity index is 539. The van der Waals surface area contributed by atoms with Gasteiger partial charge in [-0.25, -0.2) is 0 Å². The van der Waals surface area contributed by atoms with E-state index in [-0.39, 0.29) is 0 Å². The van der Waals surface area contributed by atoms with Gasteiger partial charge in [0.2, 0.25) is 0 Å². The van der Waals surface area contributed by atoms with Crippen LogP contribution in [0.5, 0.6) is 5.75 Å². The van der Waals surface area contributed by atoms with Gasteiger partial charge in [-0.05, 0) is 32.0 Å². The van der Waals surface area contributed by atoms with E-state index in [1.165, 1.54) is 5.56 Å². The van der Waals surface area contributed by atoms with Crippen molar-refractivity contribution >= 4 is 17.4 Å². The second kappa shape index (κ2) is 6.52. The molecule has 0 fully saturated rings. The van der Waals surface area contributed by atoms with E-state index in [2.05, 4.69) is 18.2 Å². The van der Waals surface area contributed by atoms with Crippen LogP contribution in [0.15, 0.2) is 35.5 Å². The van der Waals surface area contributed by atoms with Crippen LogP contribution in [0, 0.1) is 0 Å². The van der Waals surface area contributed by atoms with Crippen LogP contribution in [0.4, 0.5) is 5.69 Å². The zero-order valence-electron chi connectivity index (χ0n) is 11.3. The molecule has 0 spiro atoms. The minimum absolute atomic E-state index is 0.664. The molecule has 0 bridgehead atoms. The van der Waals surface area contributed by atoms with Gasteiger partial charge >= 0.3 is 0 Å². The van der Waals surface area contributed by atoms with Gasteiger partial charge in [0, 0.05) is 34.6 Å². The van der Waals surface area contributed by atoms with E-state index < -0.39 is 0 Å². The first kappa shape index (κ1) is 13.8. The van der Waals surface area contributed by atoms with Crippen molar-refractivity contribution in [1.29, 1.82) is 0 Å². The monoisotopic (exact) mass is 277 g/mol. The van der Waals surface area contributed by atoms with Crippen molar-refractivity contribution in [3.8, 4) is 5.75 Å². The lowest BCUT2D eigenvalue weighted by atomic mass is 10.3. The lowest BCUT2D eigenvalue weighted by molar-refractivity contribution is 0.339. The second-order valence-corrected chi connectivity index (χ2v) is 5.14. The molecule has 2 N–H and O–H groups in total. The summed E-state index contributed by atoms with van der Waals surface area (Å²) in [5, 5.41) is 4.26. The SMILES string of the molecule is CCOc1ccc(N)c(SCc2cnn(CC)c2)c1. The summed E-state index contributed by atoms with van der Waals surface area (Å²) in [4.78, 5) is 1.05. The van der Waals surface area contributed by atoms with Gasteiger partial charge in [-0.1, -0.05) is 0 Å². The fourth-order valence-corrected chi connectivity index (χ4v) is 2.62.